The molecule has 29 heavy (non-hydrogen) atoms. The first kappa shape index (κ1) is 20.0. The molecule has 2 saturated heterocycles. The minimum absolute atomic E-state index is 0.0678. The number of ether oxygens (including phenoxy) is 1. The second-order valence-corrected chi connectivity index (χ2v) is 7.75. The number of rotatable bonds is 4. The van der Waals surface area contributed by atoms with Crippen LogP contribution in [-0.4, -0.2) is 96.9 Å². The van der Waals surface area contributed by atoms with Crippen LogP contribution >= 0.6 is 0 Å². The summed E-state index contributed by atoms with van der Waals surface area (Å²) in [5.74, 6) is 0.313. The lowest BCUT2D eigenvalue weighted by Gasteiger charge is -2.38. The smallest absolute Gasteiger partial charge is 0.280 e. The summed E-state index contributed by atoms with van der Waals surface area (Å²) in [6, 6.07) is 0.417. The molecule has 4 atom stereocenters. The van der Waals surface area contributed by atoms with Crippen molar-refractivity contribution in [3.05, 3.63) is 10.4 Å². The highest BCUT2D eigenvalue weighted by Gasteiger charge is 2.45. The third-order valence-electron chi connectivity index (χ3n) is 5.65. The van der Waals surface area contributed by atoms with Gasteiger partial charge < -0.3 is 30.7 Å². The molecule has 0 unspecified atom stereocenters. The maximum Gasteiger partial charge on any atom is 0.280 e. The molecule has 4 heterocycles. The molecule has 0 aromatic carbocycles. The lowest BCUT2D eigenvalue weighted by Crippen LogP contribution is -2.49. The molecule has 0 amide bonds. The van der Waals surface area contributed by atoms with Crippen molar-refractivity contribution >= 4 is 23.1 Å². The van der Waals surface area contributed by atoms with Gasteiger partial charge in [-0.15, -0.1) is 0 Å². The minimum atomic E-state index is -1.33. The highest BCUT2D eigenvalue weighted by Crippen LogP contribution is 2.35. The molecule has 2 fully saturated rings. The van der Waals surface area contributed by atoms with Gasteiger partial charge in [0.25, 0.3) is 5.56 Å². The molecule has 2 aliphatic heterocycles. The van der Waals surface area contributed by atoms with Crippen LogP contribution in [0.25, 0.3) is 11.2 Å². The Kier molecular flexibility index (Phi) is 5.21. The standard InChI is InChI=1S/C17H27N7O5/c1-8(2)22-3-5-23(6-4-22)17-19-10-13(20-16(18)21-14(10)28)24(17)15-12(27)11(26)9(7-25)29-15/h8-9,11-12,15,25-27H,3-7H2,1-2H3,(H3,18,20,21,28)/t9-,11+,12-,15+/m0/s1. The Morgan fingerprint density at radius 3 is 2.48 bits per heavy atom. The van der Waals surface area contributed by atoms with Gasteiger partial charge in [0, 0.05) is 32.2 Å². The third kappa shape index (κ3) is 3.36. The quantitative estimate of drug-likeness (QED) is 0.375. The first-order valence-electron chi connectivity index (χ1n) is 9.71. The predicted octanol–water partition coefficient (Wildman–Crippen LogP) is -2.16. The molecule has 2 aromatic heterocycles. The maximum atomic E-state index is 12.4. The topological polar surface area (TPSA) is 166 Å². The molecule has 12 nitrogen and oxygen atoms in total. The van der Waals surface area contributed by atoms with Crippen LogP contribution in [0.1, 0.15) is 20.1 Å². The number of nitrogens with one attached hydrogen (secondary N) is 1. The van der Waals surface area contributed by atoms with Crippen LogP contribution in [0.5, 0.6) is 0 Å². The van der Waals surface area contributed by atoms with Crippen molar-refractivity contribution in [1.29, 1.82) is 0 Å². The molecular formula is C17H27N7O5. The number of nitrogens with zero attached hydrogens (tertiary/aromatic N) is 5. The minimum Gasteiger partial charge on any atom is -0.394 e. The van der Waals surface area contributed by atoms with E-state index in [-0.39, 0.29) is 17.1 Å². The molecule has 0 aliphatic carbocycles. The normalized spacial score (nSPS) is 28.7. The first-order chi connectivity index (χ1) is 13.8. The van der Waals surface area contributed by atoms with Crippen LogP contribution in [0.15, 0.2) is 4.79 Å². The van der Waals surface area contributed by atoms with Gasteiger partial charge >= 0.3 is 0 Å². The molecule has 4 rings (SSSR count). The van der Waals surface area contributed by atoms with Crippen LogP contribution in [0, 0.1) is 0 Å². The number of piperazine rings is 1. The largest absolute Gasteiger partial charge is 0.394 e. The van der Waals surface area contributed by atoms with E-state index < -0.39 is 36.7 Å². The van der Waals surface area contributed by atoms with Crippen LogP contribution in [-0.2, 0) is 4.74 Å². The number of hydrogen-bond donors (Lipinski definition) is 5. The molecule has 2 aliphatic rings. The molecule has 0 saturated carbocycles. The van der Waals surface area contributed by atoms with Crippen molar-refractivity contribution in [3.8, 4) is 0 Å². The van der Waals surface area contributed by atoms with Crippen molar-refractivity contribution < 1.29 is 20.1 Å². The van der Waals surface area contributed by atoms with E-state index in [1.54, 1.807) is 0 Å². The van der Waals surface area contributed by atoms with Crippen LogP contribution < -0.4 is 16.2 Å². The number of aromatic nitrogens is 4. The molecule has 2 aromatic rings. The second kappa shape index (κ2) is 7.54. The van der Waals surface area contributed by atoms with Crippen molar-refractivity contribution in [2.75, 3.05) is 43.4 Å². The molecule has 12 heteroatoms. The number of aromatic amines is 1. The summed E-state index contributed by atoms with van der Waals surface area (Å²) in [5.41, 5.74) is 5.45. The summed E-state index contributed by atoms with van der Waals surface area (Å²) in [5, 5.41) is 30.2. The second-order valence-electron chi connectivity index (χ2n) is 7.75. The maximum absolute atomic E-state index is 12.4. The van der Waals surface area contributed by atoms with Gasteiger partial charge in [0.05, 0.1) is 6.61 Å². The Labute approximate surface area is 166 Å². The fourth-order valence-corrected chi connectivity index (χ4v) is 3.98. The highest BCUT2D eigenvalue weighted by molar-refractivity contribution is 5.75. The summed E-state index contributed by atoms with van der Waals surface area (Å²) in [6.45, 7) is 6.74. The van der Waals surface area contributed by atoms with Crippen molar-refractivity contribution in [2.45, 2.75) is 44.4 Å². The lowest BCUT2D eigenvalue weighted by atomic mass is 10.1. The summed E-state index contributed by atoms with van der Waals surface area (Å²) in [4.78, 5) is 27.8. The Bertz CT molecular complexity index is 936. The Hall–Kier alpha value is -2.25. The predicted molar refractivity (Wildman–Crippen MR) is 104 cm³/mol. The van der Waals surface area contributed by atoms with Gasteiger partial charge in [0.2, 0.25) is 11.9 Å². The number of hydrogen-bond acceptors (Lipinski definition) is 10. The summed E-state index contributed by atoms with van der Waals surface area (Å²) >= 11 is 0. The number of anilines is 2. The molecule has 6 N–H and O–H groups in total. The van der Waals surface area contributed by atoms with E-state index in [2.05, 4.69) is 33.7 Å². The fraction of sp³-hybridized carbons (Fsp3) is 0.706. The average Bonchev–Trinajstić information content (AvgIpc) is 3.20. The lowest BCUT2D eigenvalue weighted by molar-refractivity contribution is -0.0505. The molecule has 160 valence electrons. The Morgan fingerprint density at radius 2 is 1.90 bits per heavy atom. The molecule has 0 bridgehead atoms. The summed E-state index contributed by atoms with van der Waals surface area (Å²) in [6.07, 6.45) is -4.65. The van der Waals surface area contributed by atoms with Crippen molar-refractivity contribution in [2.24, 2.45) is 0 Å². The van der Waals surface area contributed by atoms with E-state index in [9.17, 15) is 20.1 Å². The van der Waals surface area contributed by atoms with Gasteiger partial charge in [-0.1, -0.05) is 0 Å². The van der Waals surface area contributed by atoms with E-state index in [1.165, 1.54) is 4.57 Å². The first-order valence-corrected chi connectivity index (χ1v) is 9.71. The van der Waals surface area contributed by atoms with Gasteiger partial charge in [-0.2, -0.15) is 4.98 Å². The van der Waals surface area contributed by atoms with Crippen LogP contribution in [0.2, 0.25) is 0 Å². The Morgan fingerprint density at radius 1 is 1.21 bits per heavy atom. The number of nitrogens with two attached hydrogens (primary N) is 1. The van der Waals surface area contributed by atoms with Gasteiger partial charge in [-0.25, -0.2) is 4.98 Å². The molecule has 0 radical (unpaired) electrons. The zero-order valence-electron chi connectivity index (χ0n) is 16.4. The third-order valence-corrected chi connectivity index (χ3v) is 5.65. The van der Waals surface area contributed by atoms with Gasteiger partial charge in [-0.3, -0.25) is 19.2 Å². The number of imidazole rings is 1. The average molecular weight is 409 g/mol. The highest BCUT2D eigenvalue weighted by atomic mass is 16.6. The van der Waals surface area contributed by atoms with Crippen molar-refractivity contribution in [1.82, 2.24) is 24.4 Å². The van der Waals surface area contributed by atoms with E-state index in [0.29, 0.717) is 25.1 Å². The summed E-state index contributed by atoms with van der Waals surface area (Å²) < 4.78 is 7.20. The Balaban J connectivity index is 1.79. The number of aliphatic hydroxyl groups excluding tert-OH is 3. The number of H-pyrrole nitrogens is 1. The number of aliphatic hydroxyl groups is 3. The van der Waals surface area contributed by atoms with Gasteiger partial charge in [0.1, 0.15) is 18.3 Å². The number of nitrogen functional groups attached to an aromatic ring is 1. The summed E-state index contributed by atoms with van der Waals surface area (Å²) in [7, 11) is 0. The van der Waals surface area contributed by atoms with E-state index in [4.69, 9.17) is 10.5 Å². The zero-order chi connectivity index (χ0) is 20.9. The molecular weight excluding hydrogens is 382 g/mol. The van der Waals surface area contributed by atoms with E-state index in [1.807, 2.05) is 4.90 Å². The fourth-order valence-electron chi connectivity index (χ4n) is 3.98. The van der Waals surface area contributed by atoms with Crippen LogP contribution in [0.3, 0.4) is 0 Å². The molecule has 0 spiro atoms. The zero-order valence-corrected chi connectivity index (χ0v) is 16.4. The number of fused-ring (bicyclic) bond motifs is 1. The van der Waals surface area contributed by atoms with Gasteiger partial charge in [-0.05, 0) is 13.8 Å². The van der Waals surface area contributed by atoms with Crippen LogP contribution in [0.4, 0.5) is 11.9 Å². The van der Waals surface area contributed by atoms with E-state index >= 15 is 0 Å². The van der Waals surface area contributed by atoms with Crippen molar-refractivity contribution in [3.63, 3.8) is 0 Å². The van der Waals surface area contributed by atoms with E-state index in [0.717, 1.165) is 13.1 Å². The SMILES string of the molecule is CC(C)N1CCN(c2nc3c(=O)[nH]c(N)nc3n2[C@@H]2O[C@@H](CO)[C@@H](O)[C@@H]2O)CC1. The monoisotopic (exact) mass is 409 g/mol. The van der Waals surface area contributed by atoms with Gasteiger partial charge in [0.15, 0.2) is 17.4 Å².